The molecule has 1 aliphatic heterocycles. The van der Waals surface area contributed by atoms with Crippen molar-refractivity contribution in [2.45, 2.75) is 249 Å². The molecule has 1 amide bonds. The zero-order valence-corrected chi connectivity index (χ0v) is 33.1. The van der Waals surface area contributed by atoms with Gasteiger partial charge in [0.05, 0.1) is 25.4 Å². The lowest BCUT2D eigenvalue weighted by molar-refractivity contribution is -0.302. The van der Waals surface area contributed by atoms with E-state index in [-0.39, 0.29) is 12.5 Å². The second-order valence-corrected chi connectivity index (χ2v) is 15.5. The van der Waals surface area contributed by atoms with E-state index in [1.807, 2.05) is 0 Å². The molecule has 0 aromatic rings. The summed E-state index contributed by atoms with van der Waals surface area (Å²) in [6, 6.07) is -0.709. The molecule has 7 atom stereocenters. The Labute approximate surface area is 313 Å². The number of hydrogen-bond donors (Lipinski definition) is 6. The normalized spacial score (nSPS) is 21.9. The van der Waals surface area contributed by atoms with Crippen molar-refractivity contribution in [2.75, 3.05) is 13.2 Å². The smallest absolute Gasteiger partial charge is 0.220 e. The van der Waals surface area contributed by atoms with Crippen molar-refractivity contribution in [1.82, 2.24) is 5.32 Å². The summed E-state index contributed by atoms with van der Waals surface area (Å²) in [6.07, 6.45) is 28.5. The Hall–Kier alpha value is -0.810. The van der Waals surface area contributed by atoms with Crippen molar-refractivity contribution in [1.29, 1.82) is 0 Å². The van der Waals surface area contributed by atoms with E-state index in [0.29, 0.717) is 12.8 Å². The molecule has 0 aliphatic carbocycles. The molecular weight excluding hydrogens is 646 g/mol. The number of unbranched alkanes of at least 4 members (excludes halogenated alkanes) is 26. The van der Waals surface area contributed by atoms with Gasteiger partial charge in [-0.2, -0.15) is 0 Å². The van der Waals surface area contributed by atoms with Gasteiger partial charge in [-0.1, -0.05) is 187 Å². The molecule has 9 heteroatoms. The minimum absolute atomic E-state index is 0.133. The lowest BCUT2D eigenvalue weighted by Gasteiger charge is -2.40. The molecule has 0 saturated carbocycles. The molecule has 9 nitrogen and oxygen atoms in total. The van der Waals surface area contributed by atoms with Gasteiger partial charge in [0.15, 0.2) is 6.29 Å². The fraction of sp³-hybridized carbons (Fsp3) is 0.976. The van der Waals surface area contributed by atoms with Crippen molar-refractivity contribution in [2.24, 2.45) is 0 Å². The van der Waals surface area contributed by atoms with Crippen LogP contribution in [0, 0.1) is 0 Å². The van der Waals surface area contributed by atoms with Crippen LogP contribution >= 0.6 is 0 Å². The molecule has 0 radical (unpaired) electrons. The summed E-state index contributed by atoms with van der Waals surface area (Å²) in [5.41, 5.74) is 0. The highest BCUT2D eigenvalue weighted by atomic mass is 16.7. The van der Waals surface area contributed by atoms with E-state index in [0.717, 1.165) is 38.5 Å². The standard InChI is InChI=1S/C42H83NO8/c1-3-5-7-9-11-12-13-14-15-16-17-18-19-20-21-22-23-24-26-27-29-31-36(45)35(43-38(46)32-30-28-25-10-8-6-4-2)34-50-42-41(49)40(48)39(47)37(33-44)51-42/h35-37,39-42,44-45,47-49H,3-34H2,1-2H3,(H,43,46). The minimum Gasteiger partial charge on any atom is -0.394 e. The first-order valence-corrected chi connectivity index (χ1v) is 21.7. The number of carbonyl (C=O) groups is 1. The maximum Gasteiger partial charge on any atom is 0.220 e. The molecule has 7 unspecified atom stereocenters. The third-order valence-corrected chi connectivity index (χ3v) is 10.7. The molecule has 6 N–H and O–H groups in total. The van der Waals surface area contributed by atoms with Crippen LogP contribution in [0.15, 0.2) is 0 Å². The van der Waals surface area contributed by atoms with Crippen LogP contribution in [0.4, 0.5) is 0 Å². The second-order valence-electron chi connectivity index (χ2n) is 15.5. The molecule has 1 heterocycles. The Morgan fingerprint density at radius 1 is 0.588 bits per heavy atom. The van der Waals surface area contributed by atoms with Crippen LogP contribution in [0.25, 0.3) is 0 Å². The highest BCUT2D eigenvalue weighted by Crippen LogP contribution is 2.23. The van der Waals surface area contributed by atoms with Gasteiger partial charge >= 0.3 is 0 Å². The van der Waals surface area contributed by atoms with Gasteiger partial charge in [0, 0.05) is 6.42 Å². The van der Waals surface area contributed by atoms with Gasteiger partial charge in [-0.15, -0.1) is 0 Å². The summed E-state index contributed by atoms with van der Waals surface area (Å²) in [5.74, 6) is -0.149. The molecule has 0 spiro atoms. The van der Waals surface area contributed by atoms with E-state index >= 15 is 0 Å². The largest absolute Gasteiger partial charge is 0.394 e. The molecule has 1 aliphatic rings. The minimum atomic E-state index is -1.55. The van der Waals surface area contributed by atoms with Crippen molar-refractivity contribution >= 4 is 5.91 Å². The number of aliphatic hydroxyl groups excluding tert-OH is 5. The molecule has 304 valence electrons. The van der Waals surface area contributed by atoms with E-state index in [9.17, 15) is 30.3 Å². The third-order valence-electron chi connectivity index (χ3n) is 10.7. The van der Waals surface area contributed by atoms with Gasteiger partial charge in [0.25, 0.3) is 0 Å². The third kappa shape index (κ3) is 25.0. The Kier molecular flexibility index (Phi) is 31.9. The predicted molar refractivity (Wildman–Crippen MR) is 208 cm³/mol. The quantitative estimate of drug-likeness (QED) is 0.0353. The van der Waals surface area contributed by atoms with E-state index in [1.165, 1.54) is 141 Å². The summed E-state index contributed by atoms with van der Waals surface area (Å²) in [5, 5.41) is 54.1. The van der Waals surface area contributed by atoms with E-state index in [4.69, 9.17) is 9.47 Å². The summed E-state index contributed by atoms with van der Waals surface area (Å²) >= 11 is 0. The number of amides is 1. The number of aliphatic hydroxyl groups is 5. The molecule has 51 heavy (non-hydrogen) atoms. The molecule has 1 rings (SSSR count). The first-order valence-electron chi connectivity index (χ1n) is 21.7. The van der Waals surface area contributed by atoms with Gasteiger partial charge in [0.2, 0.25) is 5.91 Å². The fourth-order valence-electron chi connectivity index (χ4n) is 7.16. The first kappa shape index (κ1) is 48.2. The molecule has 0 aromatic carbocycles. The SMILES string of the molecule is CCCCCCCCCCCCCCCCCCCCCCCC(O)C(COC1OC(CO)C(O)C(O)C1O)NC(=O)CCCCCCCCC. The van der Waals surface area contributed by atoms with Crippen LogP contribution in [0.2, 0.25) is 0 Å². The number of ether oxygens (including phenoxy) is 2. The second kappa shape index (κ2) is 33.7. The molecule has 1 saturated heterocycles. The fourth-order valence-corrected chi connectivity index (χ4v) is 7.16. The lowest BCUT2D eigenvalue weighted by atomic mass is 9.99. The average molecular weight is 730 g/mol. The Morgan fingerprint density at radius 3 is 1.39 bits per heavy atom. The maximum atomic E-state index is 12.8. The van der Waals surface area contributed by atoms with Crippen molar-refractivity contribution in [3.63, 3.8) is 0 Å². The molecular formula is C42H83NO8. The van der Waals surface area contributed by atoms with Crippen LogP contribution in [-0.2, 0) is 14.3 Å². The van der Waals surface area contributed by atoms with Crippen molar-refractivity contribution in [3.05, 3.63) is 0 Å². The highest BCUT2D eigenvalue weighted by molar-refractivity contribution is 5.76. The average Bonchev–Trinajstić information content (AvgIpc) is 3.13. The Morgan fingerprint density at radius 2 is 0.980 bits per heavy atom. The molecule has 0 aromatic heterocycles. The van der Waals surface area contributed by atoms with Crippen LogP contribution < -0.4 is 5.32 Å². The van der Waals surface area contributed by atoms with Crippen LogP contribution in [-0.4, -0.2) is 87.5 Å². The van der Waals surface area contributed by atoms with E-state index < -0.39 is 49.5 Å². The first-order chi connectivity index (χ1) is 24.8. The molecule has 1 fully saturated rings. The Bertz CT molecular complexity index is 771. The summed E-state index contributed by atoms with van der Waals surface area (Å²) in [6.45, 7) is 3.79. The summed E-state index contributed by atoms with van der Waals surface area (Å²) < 4.78 is 11.2. The van der Waals surface area contributed by atoms with E-state index in [2.05, 4.69) is 19.2 Å². The van der Waals surface area contributed by atoms with Crippen molar-refractivity contribution in [3.8, 4) is 0 Å². The monoisotopic (exact) mass is 730 g/mol. The van der Waals surface area contributed by atoms with Crippen molar-refractivity contribution < 1.29 is 39.8 Å². The number of nitrogens with one attached hydrogen (secondary N) is 1. The Balaban J connectivity index is 2.24. The number of hydrogen-bond acceptors (Lipinski definition) is 8. The number of rotatable bonds is 36. The van der Waals surface area contributed by atoms with Gasteiger partial charge in [-0.25, -0.2) is 0 Å². The zero-order chi connectivity index (χ0) is 37.4. The van der Waals surface area contributed by atoms with Crippen LogP contribution in [0.3, 0.4) is 0 Å². The summed E-state index contributed by atoms with van der Waals surface area (Å²) in [7, 11) is 0. The van der Waals surface area contributed by atoms with Crippen LogP contribution in [0.5, 0.6) is 0 Å². The van der Waals surface area contributed by atoms with Crippen LogP contribution in [0.1, 0.15) is 206 Å². The van der Waals surface area contributed by atoms with Gasteiger partial charge < -0.3 is 40.3 Å². The predicted octanol–water partition coefficient (Wildman–Crippen LogP) is 8.39. The van der Waals surface area contributed by atoms with Gasteiger partial charge in [0.1, 0.15) is 24.4 Å². The lowest BCUT2D eigenvalue weighted by Crippen LogP contribution is -2.60. The van der Waals surface area contributed by atoms with E-state index in [1.54, 1.807) is 0 Å². The number of carbonyl (C=O) groups excluding carboxylic acids is 1. The topological polar surface area (TPSA) is 149 Å². The van der Waals surface area contributed by atoms with Gasteiger partial charge in [-0.3, -0.25) is 4.79 Å². The summed E-state index contributed by atoms with van der Waals surface area (Å²) in [4.78, 5) is 12.8. The maximum absolute atomic E-state index is 12.8. The highest BCUT2D eigenvalue weighted by Gasteiger charge is 2.44. The zero-order valence-electron chi connectivity index (χ0n) is 33.1. The molecule has 0 bridgehead atoms. The van der Waals surface area contributed by atoms with Gasteiger partial charge in [-0.05, 0) is 12.8 Å².